The number of benzene rings is 1. The third kappa shape index (κ3) is 3.34. The molecule has 1 aromatic heterocycles. The van der Waals surface area contributed by atoms with E-state index in [0.717, 1.165) is 23.4 Å². The SMILES string of the molecule is CCOc1ccc(C2C(C#N)=C(N)N(c3n[nH]c(=S)s3)C3=C2C(=O)CCC3)cc1. The molecule has 0 saturated heterocycles. The minimum atomic E-state index is -0.498. The molecule has 0 fully saturated rings. The third-order valence-corrected chi connectivity index (χ3v) is 6.13. The molecule has 1 aliphatic carbocycles. The number of Topliss-reactive ketones (excluding diaryl/α,β-unsaturated/α-hetero) is 1. The van der Waals surface area contributed by atoms with Crippen molar-refractivity contribution in [3.8, 4) is 11.8 Å². The van der Waals surface area contributed by atoms with Crippen LogP contribution in [0.2, 0.25) is 0 Å². The number of nitriles is 1. The number of rotatable bonds is 4. The van der Waals surface area contributed by atoms with Crippen molar-refractivity contribution in [1.82, 2.24) is 10.2 Å². The third-order valence-electron chi connectivity index (χ3n) is 5.06. The van der Waals surface area contributed by atoms with Crippen molar-refractivity contribution in [3.05, 3.63) is 56.4 Å². The van der Waals surface area contributed by atoms with E-state index in [9.17, 15) is 10.1 Å². The van der Waals surface area contributed by atoms with Crippen molar-refractivity contribution in [1.29, 1.82) is 5.26 Å². The van der Waals surface area contributed by atoms with E-state index in [2.05, 4.69) is 16.3 Å². The summed E-state index contributed by atoms with van der Waals surface area (Å²) in [7, 11) is 0. The van der Waals surface area contributed by atoms with Crippen LogP contribution in [-0.4, -0.2) is 22.6 Å². The van der Waals surface area contributed by atoms with Crippen LogP contribution in [0.5, 0.6) is 5.75 Å². The lowest BCUT2D eigenvalue weighted by Crippen LogP contribution is -2.38. The predicted molar refractivity (Wildman–Crippen MR) is 113 cm³/mol. The number of nitrogens with zero attached hydrogens (tertiary/aromatic N) is 3. The smallest absolute Gasteiger partial charge is 0.216 e. The zero-order valence-electron chi connectivity index (χ0n) is 15.8. The Morgan fingerprint density at radius 2 is 2.17 bits per heavy atom. The minimum absolute atomic E-state index is 0.0366. The molecule has 0 bridgehead atoms. The second-order valence-corrected chi connectivity index (χ2v) is 8.36. The number of aromatic amines is 1. The summed E-state index contributed by atoms with van der Waals surface area (Å²) in [5, 5.41) is 17.5. The number of nitrogens with two attached hydrogens (primary N) is 1. The fraction of sp³-hybridized carbons (Fsp3) is 0.300. The number of aromatic nitrogens is 2. The van der Waals surface area contributed by atoms with E-state index in [1.165, 1.54) is 11.3 Å². The second-order valence-electron chi connectivity index (χ2n) is 6.71. The molecule has 7 nitrogen and oxygen atoms in total. The van der Waals surface area contributed by atoms with E-state index < -0.39 is 5.92 Å². The van der Waals surface area contributed by atoms with Crippen LogP contribution in [0.3, 0.4) is 0 Å². The molecular formula is C20H19N5O2S2. The van der Waals surface area contributed by atoms with Gasteiger partial charge in [0.05, 0.1) is 24.2 Å². The fourth-order valence-electron chi connectivity index (χ4n) is 3.88. The van der Waals surface area contributed by atoms with Gasteiger partial charge in [-0.25, -0.2) is 0 Å². The molecule has 0 spiro atoms. The highest BCUT2D eigenvalue weighted by atomic mass is 32.1. The number of H-pyrrole nitrogens is 1. The summed E-state index contributed by atoms with van der Waals surface area (Å²) < 4.78 is 6.02. The van der Waals surface area contributed by atoms with Gasteiger partial charge in [0.2, 0.25) is 5.13 Å². The van der Waals surface area contributed by atoms with Crippen molar-refractivity contribution < 1.29 is 9.53 Å². The topological polar surface area (TPSA) is 108 Å². The van der Waals surface area contributed by atoms with Crippen molar-refractivity contribution in [2.24, 2.45) is 5.73 Å². The number of allylic oxidation sites excluding steroid dienone is 3. The first-order chi connectivity index (χ1) is 14.0. The summed E-state index contributed by atoms with van der Waals surface area (Å²) in [4.78, 5) is 14.7. The summed E-state index contributed by atoms with van der Waals surface area (Å²) >= 11 is 6.42. The average molecular weight is 426 g/mol. The Kier molecular flexibility index (Phi) is 5.22. The highest BCUT2D eigenvalue weighted by Gasteiger charge is 2.41. The molecule has 3 N–H and O–H groups in total. The van der Waals surface area contributed by atoms with Crippen molar-refractivity contribution >= 4 is 34.5 Å². The Bertz CT molecular complexity index is 1120. The van der Waals surface area contributed by atoms with Gasteiger partial charge in [-0.3, -0.25) is 14.8 Å². The summed E-state index contributed by atoms with van der Waals surface area (Å²) in [5.41, 5.74) is 9.06. The van der Waals surface area contributed by atoms with Gasteiger partial charge in [0.15, 0.2) is 9.74 Å². The lowest BCUT2D eigenvalue weighted by Gasteiger charge is -2.38. The Balaban J connectivity index is 1.90. The fourth-order valence-corrected chi connectivity index (χ4v) is 4.80. The van der Waals surface area contributed by atoms with Gasteiger partial charge in [-0.05, 0) is 49.7 Å². The molecule has 0 saturated carbocycles. The molecule has 1 aliphatic heterocycles. The van der Waals surface area contributed by atoms with E-state index in [1.807, 2.05) is 31.2 Å². The summed E-state index contributed by atoms with van der Waals surface area (Å²) in [5.74, 6) is 0.568. The maximum atomic E-state index is 13.0. The van der Waals surface area contributed by atoms with Gasteiger partial charge in [0.25, 0.3) is 0 Å². The summed E-state index contributed by atoms with van der Waals surface area (Å²) in [6, 6.07) is 9.72. The molecular weight excluding hydrogens is 406 g/mol. The number of ketones is 1. The minimum Gasteiger partial charge on any atom is -0.494 e. The largest absolute Gasteiger partial charge is 0.494 e. The summed E-state index contributed by atoms with van der Waals surface area (Å²) in [6.45, 7) is 2.49. The number of anilines is 1. The Morgan fingerprint density at radius 1 is 1.41 bits per heavy atom. The molecule has 148 valence electrons. The molecule has 4 rings (SSSR count). The first-order valence-corrected chi connectivity index (χ1v) is 10.5. The quantitative estimate of drug-likeness (QED) is 0.715. The lowest BCUT2D eigenvalue weighted by molar-refractivity contribution is -0.116. The number of carbonyl (C=O) groups excluding carboxylic acids is 1. The van der Waals surface area contributed by atoms with Crippen LogP contribution in [0.4, 0.5) is 5.13 Å². The van der Waals surface area contributed by atoms with Gasteiger partial charge in [-0.2, -0.15) is 5.26 Å². The van der Waals surface area contributed by atoms with Crippen LogP contribution in [0, 0.1) is 15.3 Å². The van der Waals surface area contributed by atoms with E-state index in [0.29, 0.717) is 39.7 Å². The molecule has 2 aliphatic rings. The van der Waals surface area contributed by atoms with E-state index >= 15 is 0 Å². The van der Waals surface area contributed by atoms with Crippen molar-refractivity contribution in [3.63, 3.8) is 0 Å². The Morgan fingerprint density at radius 3 is 2.79 bits per heavy atom. The van der Waals surface area contributed by atoms with Crippen LogP contribution < -0.4 is 15.4 Å². The highest BCUT2D eigenvalue weighted by molar-refractivity contribution is 7.73. The normalized spacial score (nSPS) is 19.2. The zero-order valence-corrected chi connectivity index (χ0v) is 17.4. The van der Waals surface area contributed by atoms with Crippen LogP contribution in [-0.2, 0) is 4.79 Å². The lowest BCUT2D eigenvalue weighted by atomic mass is 9.76. The maximum Gasteiger partial charge on any atom is 0.216 e. The number of hydrogen-bond acceptors (Lipinski definition) is 8. The van der Waals surface area contributed by atoms with Crippen LogP contribution in [0.25, 0.3) is 0 Å². The van der Waals surface area contributed by atoms with Gasteiger partial charge in [0.1, 0.15) is 11.6 Å². The van der Waals surface area contributed by atoms with Gasteiger partial charge in [-0.1, -0.05) is 23.5 Å². The van der Waals surface area contributed by atoms with Gasteiger partial charge in [-0.15, -0.1) is 5.10 Å². The summed E-state index contributed by atoms with van der Waals surface area (Å²) in [6.07, 6.45) is 1.87. The maximum absolute atomic E-state index is 13.0. The van der Waals surface area contributed by atoms with E-state index in [1.54, 1.807) is 4.90 Å². The average Bonchev–Trinajstić information content (AvgIpc) is 3.14. The number of nitrogens with one attached hydrogen (secondary N) is 1. The molecule has 2 aromatic rings. The Labute approximate surface area is 177 Å². The molecule has 0 radical (unpaired) electrons. The first-order valence-electron chi connectivity index (χ1n) is 9.29. The van der Waals surface area contributed by atoms with Crippen molar-refractivity contribution in [2.75, 3.05) is 11.5 Å². The van der Waals surface area contributed by atoms with Crippen LogP contribution in [0.1, 0.15) is 37.7 Å². The van der Waals surface area contributed by atoms with E-state index in [-0.39, 0.29) is 11.6 Å². The van der Waals surface area contributed by atoms with Crippen LogP contribution >= 0.6 is 23.6 Å². The number of ether oxygens (including phenoxy) is 1. The molecule has 9 heteroatoms. The van der Waals surface area contributed by atoms with Gasteiger partial charge < -0.3 is 10.5 Å². The second kappa shape index (κ2) is 7.81. The standard InChI is InChI=1S/C20H19N5O2S2/c1-2-27-12-8-6-11(7-9-12)16-13(10-21)18(22)25(19-23-24-20(28)29-19)14-4-3-5-15(26)17(14)16/h6-9,16H,2-5,22H2,1H3,(H,24,28). The molecule has 29 heavy (non-hydrogen) atoms. The number of carbonyl (C=O) groups is 1. The zero-order chi connectivity index (χ0) is 20.5. The van der Waals surface area contributed by atoms with Crippen molar-refractivity contribution in [2.45, 2.75) is 32.1 Å². The predicted octanol–water partition coefficient (Wildman–Crippen LogP) is 3.90. The molecule has 1 aromatic carbocycles. The van der Waals surface area contributed by atoms with E-state index in [4.69, 9.17) is 22.7 Å². The first kappa shape index (κ1) is 19.4. The molecule has 1 atom stereocenters. The Hall–Kier alpha value is -2.96. The van der Waals surface area contributed by atoms with Crippen LogP contribution in [0.15, 0.2) is 46.9 Å². The highest BCUT2D eigenvalue weighted by Crippen LogP contribution is 2.46. The molecule has 1 unspecified atom stereocenters. The monoisotopic (exact) mass is 425 g/mol. The van der Waals surface area contributed by atoms with Gasteiger partial charge >= 0.3 is 0 Å². The molecule has 0 amide bonds. The van der Waals surface area contributed by atoms with Gasteiger partial charge in [0, 0.05) is 17.7 Å². The molecule has 2 heterocycles. The number of hydrogen-bond donors (Lipinski definition) is 2.